The highest BCUT2D eigenvalue weighted by Gasteiger charge is 2.04. The summed E-state index contributed by atoms with van der Waals surface area (Å²) in [5, 5.41) is 6.05. The fourth-order valence-corrected chi connectivity index (χ4v) is 3.24. The van der Waals surface area contributed by atoms with Crippen molar-refractivity contribution < 1.29 is 14.3 Å². The van der Waals surface area contributed by atoms with Crippen molar-refractivity contribution in [2.45, 2.75) is 33.1 Å². The number of carbonyl (C=O) groups excluding carboxylic acids is 1. The molecule has 0 radical (unpaired) electrons. The number of amides is 1. The Morgan fingerprint density at radius 2 is 1.58 bits per heavy atom. The molecular formula is C28H34N2O3. The monoisotopic (exact) mass is 446 g/mol. The molecule has 5 heteroatoms. The Balaban J connectivity index is 1.36. The molecule has 0 aliphatic heterocycles. The molecular weight excluding hydrogens is 412 g/mol. The third-order valence-electron chi connectivity index (χ3n) is 5.11. The van der Waals surface area contributed by atoms with Gasteiger partial charge < -0.3 is 20.1 Å². The Morgan fingerprint density at radius 1 is 0.818 bits per heavy atom. The summed E-state index contributed by atoms with van der Waals surface area (Å²) in [6.07, 6.45) is 2.96. The number of ether oxygens (including phenoxy) is 2. The van der Waals surface area contributed by atoms with Crippen molar-refractivity contribution in [1.29, 1.82) is 0 Å². The first-order valence-electron chi connectivity index (χ1n) is 11.6. The van der Waals surface area contributed by atoms with Gasteiger partial charge in [0.2, 0.25) is 5.91 Å². The van der Waals surface area contributed by atoms with E-state index in [2.05, 4.69) is 48.7 Å². The quantitative estimate of drug-likeness (QED) is 0.308. The van der Waals surface area contributed by atoms with Gasteiger partial charge in [0.15, 0.2) is 0 Å². The maximum absolute atomic E-state index is 12.3. The van der Waals surface area contributed by atoms with E-state index >= 15 is 0 Å². The molecule has 0 aliphatic rings. The molecule has 0 heterocycles. The molecule has 3 aromatic rings. The van der Waals surface area contributed by atoms with E-state index < -0.39 is 0 Å². The van der Waals surface area contributed by atoms with Gasteiger partial charge in [-0.1, -0.05) is 50.2 Å². The van der Waals surface area contributed by atoms with Gasteiger partial charge in [0.25, 0.3) is 0 Å². The SMILES string of the molecule is CC(C)CCOc1cccc(NCC(=O)Nc2ccc(OCCCc3ccccc3)cc2)c1. The van der Waals surface area contributed by atoms with Gasteiger partial charge >= 0.3 is 0 Å². The molecule has 3 rings (SSSR count). The maximum Gasteiger partial charge on any atom is 0.243 e. The number of benzene rings is 3. The van der Waals surface area contributed by atoms with Crippen LogP contribution >= 0.6 is 0 Å². The van der Waals surface area contributed by atoms with Crippen LogP contribution in [0.15, 0.2) is 78.9 Å². The number of hydrogen-bond donors (Lipinski definition) is 2. The van der Waals surface area contributed by atoms with E-state index in [9.17, 15) is 4.79 Å². The van der Waals surface area contributed by atoms with Crippen molar-refractivity contribution in [2.75, 3.05) is 30.4 Å². The first-order valence-corrected chi connectivity index (χ1v) is 11.6. The topological polar surface area (TPSA) is 59.6 Å². The van der Waals surface area contributed by atoms with Gasteiger partial charge in [-0.15, -0.1) is 0 Å². The first-order chi connectivity index (χ1) is 16.1. The molecule has 0 saturated heterocycles. The molecule has 0 spiro atoms. The van der Waals surface area contributed by atoms with E-state index in [0.29, 0.717) is 19.1 Å². The summed E-state index contributed by atoms with van der Waals surface area (Å²) in [6, 6.07) is 25.5. The molecule has 0 unspecified atom stereocenters. The van der Waals surface area contributed by atoms with E-state index in [4.69, 9.17) is 9.47 Å². The third-order valence-corrected chi connectivity index (χ3v) is 5.11. The minimum atomic E-state index is -0.113. The predicted octanol–water partition coefficient (Wildman–Crippen LogP) is 6.17. The number of anilines is 2. The lowest BCUT2D eigenvalue weighted by molar-refractivity contribution is -0.114. The van der Waals surface area contributed by atoms with E-state index in [1.165, 1.54) is 5.56 Å². The highest BCUT2D eigenvalue weighted by molar-refractivity contribution is 5.93. The summed E-state index contributed by atoms with van der Waals surface area (Å²) in [6.45, 7) is 5.87. The standard InChI is InChI=1S/C28H34N2O3/c1-22(2)17-19-33-27-12-6-11-25(20-27)29-21-28(31)30-24-13-15-26(16-14-24)32-18-7-10-23-8-4-3-5-9-23/h3-6,8-9,11-16,20,22,29H,7,10,17-19,21H2,1-2H3,(H,30,31). The highest BCUT2D eigenvalue weighted by Crippen LogP contribution is 2.19. The largest absolute Gasteiger partial charge is 0.494 e. The van der Waals surface area contributed by atoms with Gasteiger partial charge in [0, 0.05) is 17.4 Å². The van der Waals surface area contributed by atoms with Crippen LogP contribution in [0.1, 0.15) is 32.3 Å². The minimum Gasteiger partial charge on any atom is -0.494 e. The molecule has 174 valence electrons. The third kappa shape index (κ3) is 9.27. The van der Waals surface area contributed by atoms with Crippen LogP contribution in [0, 0.1) is 5.92 Å². The van der Waals surface area contributed by atoms with Crippen molar-refractivity contribution in [2.24, 2.45) is 5.92 Å². The smallest absolute Gasteiger partial charge is 0.243 e. The predicted molar refractivity (Wildman–Crippen MR) is 135 cm³/mol. The van der Waals surface area contributed by atoms with Gasteiger partial charge in [0.1, 0.15) is 11.5 Å². The lowest BCUT2D eigenvalue weighted by Gasteiger charge is -2.11. The first kappa shape index (κ1) is 24.2. The van der Waals surface area contributed by atoms with Crippen molar-refractivity contribution in [3.05, 3.63) is 84.4 Å². The van der Waals surface area contributed by atoms with E-state index in [1.807, 2.05) is 54.6 Å². The van der Waals surface area contributed by atoms with Crippen LogP contribution in [0.3, 0.4) is 0 Å². The van der Waals surface area contributed by atoms with Crippen LogP contribution < -0.4 is 20.1 Å². The Kier molecular flexibility index (Phi) is 9.64. The maximum atomic E-state index is 12.3. The second-order valence-corrected chi connectivity index (χ2v) is 8.42. The summed E-state index contributed by atoms with van der Waals surface area (Å²) in [7, 11) is 0. The minimum absolute atomic E-state index is 0.113. The number of carbonyl (C=O) groups is 1. The van der Waals surface area contributed by atoms with Gasteiger partial charge in [-0.25, -0.2) is 0 Å². The summed E-state index contributed by atoms with van der Waals surface area (Å²) in [4.78, 5) is 12.3. The Hall–Kier alpha value is -3.47. The van der Waals surface area contributed by atoms with Crippen molar-refractivity contribution in [3.63, 3.8) is 0 Å². The number of aryl methyl sites for hydroxylation is 1. The molecule has 0 aromatic heterocycles. The van der Waals surface area contributed by atoms with Gasteiger partial charge in [0.05, 0.1) is 19.8 Å². The van der Waals surface area contributed by atoms with Crippen molar-refractivity contribution >= 4 is 17.3 Å². The van der Waals surface area contributed by atoms with Gasteiger partial charge in [-0.2, -0.15) is 0 Å². The normalized spacial score (nSPS) is 10.6. The molecule has 0 bridgehead atoms. The molecule has 0 fully saturated rings. The second kappa shape index (κ2) is 13.2. The second-order valence-electron chi connectivity index (χ2n) is 8.42. The average Bonchev–Trinajstić information content (AvgIpc) is 2.82. The zero-order valence-electron chi connectivity index (χ0n) is 19.6. The molecule has 0 saturated carbocycles. The van der Waals surface area contributed by atoms with Crippen LogP contribution in [-0.4, -0.2) is 25.7 Å². The lowest BCUT2D eigenvalue weighted by Crippen LogP contribution is -2.21. The fraction of sp³-hybridized carbons (Fsp3) is 0.321. The van der Waals surface area contributed by atoms with Crippen LogP contribution in [0.4, 0.5) is 11.4 Å². The van der Waals surface area contributed by atoms with Crippen molar-refractivity contribution in [3.8, 4) is 11.5 Å². The van der Waals surface area contributed by atoms with Crippen LogP contribution in [-0.2, 0) is 11.2 Å². The molecule has 5 nitrogen and oxygen atoms in total. The van der Waals surface area contributed by atoms with Crippen LogP contribution in [0.25, 0.3) is 0 Å². The fourth-order valence-electron chi connectivity index (χ4n) is 3.24. The van der Waals surface area contributed by atoms with E-state index in [1.54, 1.807) is 0 Å². The zero-order chi connectivity index (χ0) is 23.3. The van der Waals surface area contributed by atoms with Gasteiger partial charge in [-0.3, -0.25) is 4.79 Å². The molecule has 33 heavy (non-hydrogen) atoms. The number of rotatable bonds is 13. The number of hydrogen-bond acceptors (Lipinski definition) is 4. The lowest BCUT2D eigenvalue weighted by atomic mass is 10.1. The van der Waals surface area contributed by atoms with Crippen LogP contribution in [0.2, 0.25) is 0 Å². The number of nitrogens with one attached hydrogen (secondary N) is 2. The van der Waals surface area contributed by atoms with Crippen molar-refractivity contribution in [1.82, 2.24) is 0 Å². The van der Waals surface area contributed by atoms with Crippen LogP contribution in [0.5, 0.6) is 11.5 Å². The zero-order valence-corrected chi connectivity index (χ0v) is 19.6. The highest BCUT2D eigenvalue weighted by atomic mass is 16.5. The molecule has 1 amide bonds. The van der Waals surface area contributed by atoms with E-state index in [-0.39, 0.29) is 12.5 Å². The summed E-state index contributed by atoms with van der Waals surface area (Å²) in [5.74, 6) is 2.10. The Morgan fingerprint density at radius 3 is 2.33 bits per heavy atom. The van der Waals surface area contributed by atoms with Gasteiger partial charge in [-0.05, 0) is 67.1 Å². The average molecular weight is 447 g/mol. The molecule has 0 aliphatic carbocycles. The van der Waals surface area contributed by atoms with E-state index in [0.717, 1.165) is 42.1 Å². The summed E-state index contributed by atoms with van der Waals surface area (Å²) in [5.41, 5.74) is 2.91. The summed E-state index contributed by atoms with van der Waals surface area (Å²) >= 11 is 0. The Bertz CT molecular complexity index is 972. The molecule has 3 aromatic carbocycles. The molecule has 2 N–H and O–H groups in total. The molecule has 0 atom stereocenters. The summed E-state index contributed by atoms with van der Waals surface area (Å²) < 4.78 is 11.6. The Labute approximate surface area is 197 Å².